The van der Waals surface area contributed by atoms with Crippen LogP contribution in [0.4, 0.5) is 0 Å². The number of carbonyl (C=O) groups excluding carboxylic acids is 2. The molecule has 2 saturated heterocycles. The first kappa shape index (κ1) is 24.3. The largest absolute Gasteiger partial charge is 0.349 e. The third-order valence-corrected chi connectivity index (χ3v) is 8.44. The van der Waals surface area contributed by atoms with Gasteiger partial charge in [-0.3, -0.25) is 14.6 Å². The molecule has 4 rings (SSSR count). The number of amides is 2. The quantitative estimate of drug-likeness (QED) is 0.704. The first-order chi connectivity index (χ1) is 16.2. The van der Waals surface area contributed by atoms with E-state index in [2.05, 4.69) is 24.1 Å². The maximum atomic E-state index is 13.2. The maximum absolute atomic E-state index is 13.2. The van der Waals surface area contributed by atoms with Gasteiger partial charge in [0.1, 0.15) is 0 Å². The fraction of sp³-hybridized carbons (Fsp3) is 0.480. The van der Waals surface area contributed by atoms with Crippen LogP contribution in [0, 0.1) is 11.8 Å². The van der Waals surface area contributed by atoms with Crippen LogP contribution in [-0.4, -0.2) is 66.6 Å². The molecule has 1 aromatic heterocycles. The van der Waals surface area contributed by atoms with Crippen molar-refractivity contribution in [3.8, 4) is 0 Å². The van der Waals surface area contributed by atoms with Gasteiger partial charge >= 0.3 is 0 Å². The van der Waals surface area contributed by atoms with E-state index in [0.717, 1.165) is 6.42 Å². The highest BCUT2D eigenvalue weighted by Gasteiger charge is 2.32. The number of rotatable bonds is 5. The monoisotopic (exact) mass is 484 g/mol. The number of sulfonamides is 1. The zero-order chi connectivity index (χ0) is 24.3. The number of likely N-dealkylation sites (tertiary alicyclic amines) is 1. The predicted octanol–water partition coefficient (Wildman–Crippen LogP) is 2.78. The average Bonchev–Trinajstić information content (AvgIpc) is 2.84. The van der Waals surface area contributed by atoms with E-state index in [9.17, 15) is 18.0 Å². The second kappa shape index (κ2) is 10.2. The molecule has 2 aromatic rings. The molecule has 0 bridgehead atoms. The highest BCUT2D eigenvalue weighted by atomic mass is 32.2. The molecule has 9 heteroatoms. The summed E-state index contributed by atoms with van der Waals surface area (Å²) >= 11 is 0. The van der Waals surface area contributed by atoms with Gasteiger partial charge in [-0.25, -0.2) is 8.42 Å². The van der Waals surface area contributed by atoms with Crippen molar-refractivity contribution in [1.29, 1.82) is 0 Å². The molecular formula is C25H32N4O4S. The van der Waals surface area contributed by atoms with Gasteiger partial charge in [-0.05, 0) is 61.4 Å². The molecule has 2 unspecified atom stereocenters. The van der Waals surface area contributed by atoms with E-state index in [0.29, 0.717) is 62.0 Å². The van der Waals surface area contributed by atoms with Gasteiger partial charge in [0.2, 0.25) is 10.0 Å². The van der Waals surface area contributed by atoms with Crippen LogP contribution in [0.5, 0.6) is 0 Å². The van der Waals surface area contributed by atoms with E-state index in [-0.39, 0.29) is 22.8 Å². The van der Waals surface area contributed by atoms with Crippen molar-refractivity contribution in [2.75, 3.05) is 26.2 Å². The van der Waals surface area contributed by atoms with Crippen LogP contribution in [-0.2, 0) is 10.0 Å². The highest BCUT2D eigenvalue weighted by molar-refractivity contribution is 7.89. The van der Waals surface area contributed by atoms with Gasteiger partial charge in [0.05, 0.1) is 4.90 Å². The smallest absolute Gasteiger partial charge is 0.253 e. The van der Waals surface area contributed by atoms with Crippen molar-refractivity contribution < 1.29 is 18.0 Å². The molecule has 2 fully saturated rings. The number of carbonyl (C=O) groups is 2. The SMILES string of the molecule is CC1CC(C)CN(S(=O)(=O)c2cccc(C(=O)NC3CCN(C(=O)c4ccncc4)CC3)c2)C1. The molecular weight excluding hydrogens is 452 g/mol. The fourth-order valence-corrected chi connectivity index (χ4v) is 6.65. The van der Waals surface area contributed by atoms with Crippen molar-refractivity contribution >= 4 is 21.8 Å². The minimum atomic E-state index is -3.66. The number of nitrogens with zero attached hydrogens (tertiary/aromatic N) is 3. The lowest BCUT2D eigenvalue weighted by Crippen LogP contribution is -2.46. The van der Waals surface area contributed by atoms with E-state index in [1.54, 1.807) is 51.9 Å². The lowest BCUT2D eigenvalue weighted by molar-refractivity contribution is 0.0698. The Balaban J connectivity index is 1.37. The van der Waals surface area contributed by atoms with E-state index >= 15 is 0 Å². The molecule has 0 aliphatic carbocycles. The Labute approximate surface area is 201 Å². The Morgan fingerprint density at radius 3 is 2.26 bits per heavy atom. The summed E-state index contributed by atoms with van der Waals surface area (Å²) in [6.45, 7) is 6.23. The van der Waals surface area contributed by atoms with Crippen molar-refractivity contribution in [3.05, 3.63) is 59.9 Å². The summed E-state index contributed by atoms with van der Waals surface area (Å²) in [5.41, 5.74) is 0.933. The third kappa shape index (κ3) is 5.47. The standard InChI is InChI=1S/C25H32N4O4S/c1-18-14-19(2)17-29(16-18)34(32,33)23-5-3-4-21(15-23)24(30)27-22-8-12-28(13-9-22)25(31)20-6-10-26-11-7-20/h3-7,10-11,15,18-19,22H,8-9,12-14,16-17H2,1-2H3,(H,27,30). The van der Waals surface area contributed by atoms with Crippen LogP contribution in [0.2, 0.25) is 0 Å². The van der Waals surface area contributed by atoms with Crippen LogP contribution in [0.25, 0.3) is 0 Å². The topological polar surface area (TPSA) is 99.7 Å². The number of hydrogen-bond acceptors (Lipinski definition) is 5. The van der Waals surface area contributed by atoms with Crippen molar-refractivity contribution in [2.45, 2.75) is 44.0 Å². The second-order valence-electron chi connectivity index (χ2n) is 9.57. The number of hydrogen-bond donors (Lipinski definition) is 1. The summed E-state index contributed by atoms with van der Waals surface area (Å²) in [5, 5.41) is 3.01. The van der Waals surface area contributed by atoms with E-state index in [1.165, 1.54) is 6.07 Å². The highest BCUT2D eigenvalue weighted by Crippen LogP contribution is 2.27. The average molecular weight is 485 g/mol. The molecule has 182 valence electrons. The van der Waals surface area contributed by atoms with E-state index in [4.69, 9.17) is 0 Å². The van der Waals surface area contributed by atoms with Crippen LogP contribution < -0.4 is 5.32 Å². The molecule has 0 radical (unpaired) electrons. The van der Waals surface area contributed by atoms with Gasteiger partial charge in [0, 0.05) is 55.7 Å². The summed E-state index contributed by atoms with van der Waals surface area (Å²) in [6, 6.07) is 9.60. The third-order valence-electron chi connectivity index (χ3n) is 6.61. The molecule has 3 heterocycles. The summed E-state index contributed by atoms with van der Waals surface area (Å²) in [4.78, 5) is 31.4. The number of benzene rings is 1. The Kier molecular flexibility index (Phi) is 7.33. The molecule has 0 spiro atoms. The molecule has 1 aromatic carbocycles. The lowest BCUT2D eigenvalue weighted by Gasteiger charge is -2.34. The van der Waals surface area contributed by atoms with Crippen LogP contribution in [0.1, 0.15) is 53.8 Å². The van der Waals surface area contributed by atoms with Gasteiger partial charge in [-0.2, -0.15) is 4.31 Å². The minimum absolute atomic E-state index is 0.0357. The van der Waals surface area contributed by atoms with Gasteiger partial charge in [-0.1, -0.05) is 19.9 Å². The van der Waals surface area contributed by atoms with Crippen molar-refractivity contribution in [2.24, 2.45) is 11.8 Å². The Morgan fingerprint density at radius 2 is 1.62 bits per heavy atom. The summed E-state index contributed by atoms with van der Waals surface area (Å²) in [6.07, 6.45) is 5.50. The fourth-order valence-electron chi connectivity index (χ4n) is 4.92. The zero-order valence-corrected chi connectivity index (χ0v) is 20.5. The number of aromatic nitrogens is 1. The number of piperidine rings is 2. The molecule has 2 aliphatic rings. The molecule has 1 N–H and O–H groups in total. The van der Waals surface area contributed by atoms with Gasteiger partial charge in [0.15, 0.2) is 0 Å². The Bertz CT molecular complexity index is 1120. The van der Waals surface area contributed by atoms with E-state index < -0.39 is 10.0 Å². The van der Waals surface area contributed by atoms with Gasteiger partial charge in [0.25, 0.3) is 11.8 Å². The molecule has 8 nitrogen and oxygen atoms in total. The minimum Gasteiger partial charge on any atom is -0.349 e. The van der Waals surface area contributed by atoms with Crippen molar-refractivity contribution in [1.82, 2.24) is 19.5 Å². The van der Waals surface area contributed by atoms with E-state index in [1.807, 2.05) is 0 Å². The number of pyridine rings is 1. The van der Waals surface area contributed by atoms with Crippen LogP contribution in [0.15, 0.2) is 53.7 Å². The Morgan fingerprint density at radius 1 is 0.971 bits per heavy atom. The first-order valence-corrected chi connectivity index (χ1v) is 13.3. The van der Waals surface area contributed by atoms with Gasteiger partial charge in [-0.15, -0.1) is 0 Å². The predicted molar refractivity (Wildman–Crippen MR) is 129 cm³/mol. The molecule has 0 saturated carbocycles. The van der Waals surface area contributed by atoms with Gasteiger partial charge < -0.3 is 10.2 Å². The molecule has 2 aliphatic heterocycles. The maximum Gasteiger partial charge on any atom is 0.253 e. The van der Waals surface area contributed by atoms with Crippen LogP contribution in [0.3, 0.4) is 0 Å². The zero-order valence-electron chi connectivity index (χ0n) is 19.7. The lowest BCUT2D eigenvalue weighted by atomic mass is 9.94. The molecule has 34 heavy (non-hydrogen) atoms. The van der Waals surface area contributed by atoms with Crippen LogP contribution >= 0.6 is 0 Å². The first-order valence-electron chi connectivity index (χ1n) is 11.8. The Hall–Kier alpha value is -2.78. The normalized spacial score (nSPS) is 22.4. The molecule has 2 atom stereocenters. The molecule has 2 amide bonds. The van der Waals surface area contributed by atoms with Crippen molar-refractivity contribution in [3.63, 3.8) is 0 Å². The summed E-state index contributed by atoms with van der Waals surface area (Å²) in [7, 11) is -3.66. The summed E-state index contributed by atoms with van der Waals surface area (Å²) in [5.74, 6) is 0.283. The number of nitrogens with one attached hydrogen (secondary N) is 1. The summed E-state index contributed by atoms with van der Waals surface area (Å²) < 4.78 is 28.0. The second-order valence-corrected chi connectivity index (χ2v) is 11.5.